The van der Waals surface area contributed by atoms with Crippen molar-refractivity contribution in [2.24, 2.45) is 0 Å². The van der Waals surface area contributed by atoms with E-state index in [1.54, 1.807) is 29.2 Å². The Balaban J connectivity index is 1.02. The van der Waals surface area contributed by atoms with E-state index in [1.165, 1.54) is 10.9 Å². The molecule has 3 heterocycles. The predicted molar refractivity (Wildman–Crippen MR) is 163 cm³/mol. The van der Waals surface area contributed by atoms with Crippen molar-refractivity contribution in [2.75, 3.05) is 13.1 Å². The first-order valence-electron chi connectivity index (χ1n) is 14.5. The van der Waals surface area contributed by atoms with E-state index in [1.807, 2.05) is 12.1 Å². The van der Waals surface area contributed by atoms with Crippen molar-refractivity contribution in [2.45, 2.75) is 69.9 Å². The smallest absolute Gasteiger partial charge is 0.261 e. The first kappa shape index (κ1) is 28.8. The number of piperidine rings is 1. The molecule has 0 bridgehead atoms. The van der Waals surface area contributed by atoms with Crippen LogP contribution in [0, 0.1) is 0 Å². The number of aliphatic hydroxyl groups is 1. The fourth-order valence-corrected chi connectivity index (χ4v) is 6.66. The zero-order valence-corrected chi connectivity index (χ0v) is 24.8. The fraction of sp³-hybridized carbons (Fsp3) is 0.406. The minimum Gasteiger partial charge on any atom is -0.388 e. The Morgan fingerprint density at radius 1 is 0.952 bits per heavy atom. The molecule has 1 saturated heterocycles. The van der Waals surface area contributed by atoms with Crippen LogP contribution >= 0.6 is 23.2 Å². The summed E-state index contributed by atoms with van der Waals surface area (Å²) in [6.07, 6.45) is 7.16. The highest BCUT2D eigenvalue weighted by Crippen LogP contribution is 2.33. The van der Waals surface area contributed by atoms with Crippen LogP contribution in [0.3, 0.4) is 0 Å². The zero-order chi connectivity index (χ0) is 29.4. The number of fused-ring (bicyclic) bond motifs is 3. The van der Waals surface area contributed by atoms with E-state index in [-0.39, 0.29) is 36.6 Å². The number of carbonyl (C=O) groups is 2. The van der Waals surface area contributed by atoms with E-state index in [9.17, 15) is 19.5 Å². The number of amides is 1. The van der Waals surface area contributed by atoms with Gasteiger partial charge in [-0.15, -0.1) is 0 Å². The van der Waals surface area contributed by atoms with Gasteiger partial charge in [-0.05, 0) is 74.8 Å². The van der Waals surface area contributed by atoms with Crippen LogP contribution in [0.1, 0.15) is 66.6 Å². The summed E-state index contributed by atoms with van der Waals surface area (Å²) in [7, 11) is 0. The molecule has 6 rings (SSSR count). The van der Waals surface area contributed by atoms with Gasteiger partial charge in [0.1, 0.15) is 0 Å². The third-order valence-corrected chi connectivity index (χ3v) is 9.28. The highest BCUT2D eigenvalue weighted by atomic mass is 35.5. The third-order valence-electron chi connectivity index (χ3n) is 8.61. The highest BCUT2D eigenvalue weighted by Gasteiger charge is 2.34. The molecule has 1 aliphatic carbocycles. The molecule has 0 spiro atoms. The molecule has 1 N–H and O–H groups in total. The van der Waals surface area contributed by atoms with Crippen molar-refractivity contribution in [3.05, 3.63) is 79.9 Å². The summed E-state index contributed by atoms with van der Waals surface area (Å²) < 4.78 is 1.42. The first-order valence-corrected chi connectivity index (χ1v) is 15.3. The van der Waals surface area contributed by atoms with Crippen LogP contribution in [0.5, 0.6) is 0 Å². The van der Waals surface area contributed by atoms with Crippen molar-refractivity contribution in [1.29, 1.82) is 0 Å². The van der Waals surface area contributed by atoms with Crippen molar-refractivity contribution in [3.63, 3.8) is 0 Å². The lowest BCUT2D eigenvalue weighted by Gasteiger charge is -2.38. The van der Waals surface area contributed by atoms with Gasteiger partial charge in [0.15, 0.2) is 5.78 Å². The van der Waals surface area contributed by atoms with Gasteiger partial charge in [0, 0.05) is 47.6 Å². The Kier molecular flexibility index (Phi) is 8.05. The van der Waals surface area contributed by atoms with E-state index in [0.717, 1.165) is 52.9 Å². The number of aromatic nitrogens is 3. The molecule has 0 atom stereocenters. The second-order valence-electron chi connectivity index (χ2n) is 11.5. The Hall–Kier alpha value is -3.33. The number of hydrogen-bond acceptors (Lipinski definition) is 6. The number of halogens is 2. The van der Waals surface area contributed by atoms with E-state index in [4.69, 9.17) is 28.2 Å². The van der Waals surface area contributed by atoms with Crippen molar-refractivity contribution >= 4 is 56.7 Å². The average molecular weight is 608 g/mol. The molecule has 2 aromatic heterocycles. The molecule has 1 aliphatic heterocycles. The zero-order valence-electron chi connectivity index (χ0n) is 23.2. The lowest BCUT2D eigenvalue weighted by molar-refractivity contribution is -0.136. The minimum atomic E-state index is -1.12. The number of pyridine rings is 1. The largest absolute Gasteiger partial charge is 0.388 e. The maximum Gasteiger partial charge on any atom is 0.261 e. The summed E-state index contributed by atoms with van der Waals surface area (Å²) in [5, 5.41) is 13.8. The maximum atomic E-state index is 12.9. The summed E-state index contributed by atoms with van der Waals surface area (Å²) in [6.45, 7) is 0.870. The molecule has 42 heavy (non-hydrogen) atoms. The van der Waals surface area contributed by atoms with Crippen molar-refractivity contribution in [3.8, 4) is 0 Å². The quantitative estimate of drug-likeness (QED) is 0.277. The molecule has 0 radical (unpaired) electrons. The molecule has 218 valence electrons. The van der Waals surface area contributed by atoms with Crippen LogP contribution in [-0.2, 0) is 24.2 Å². The Labute approximate surface area is 253 Å². The highest BCUT2D eigenvalue weighted by molar-refractivity contribution is 6.36. The van der Waals surface area contributed by atoms with Gasteiger partial charge in [0.2, 0.25) is 5.91 Å². The third kappa shape index (κ3) is 5.80. The van der Waals surface area contributed by atoms with Gasteiger partial charge in [-0.25, -0.2) is 4.98 Å². The number of Topliss-reactive ketones (excluding diaryl/α,β-unsaturated/α-hetero) is 1. The van der Waals surface area contributed by atoms with Gasteiger partial charge < -0.3 is 10.0 Å². The van der Waals surface area contributed by atoms with Crippen molar-refractivity contribution < 1.29 is 14.7 Å². The average Bonchev–Trinajstić information content (AvgIpc) is 2.98. The molecule has 4 aromatic rings. The molecule has 0 unspecified atom stereocenters. The van der Waals surface area contributed by atoms with Crippen LogP contribution in [0.25, 0.3) is 21.8 Å². The van der Waals surface area contributed by atoms with Gasteiger partial charge >= 0.3 is 0 Å². The first-order chi connectivity index (χ1) is 20.2. The predicted octanol–water partition coefficient (Wildman–Crippen LogP) is 5.54. The van der Waals surface area contributed by atoms with Crippen molar-refractivity contribution in [1.82, 2.24) is 19.4 Å². The van der Waals surface area contributed by atoms with Gasteiger partial charge in [0.25, 0.3) is 5.56 Å². The number of rotatable bonds is 7. The molecular formula is C32H32Cl2N4O4. The van der Waals surface area contributed by atoms with Crippen LogP contribution < -0.4 is 5.56 Å². The van der Waals surface area contributed by atoms with Crippen LogP contribution in [-0.4, -0.2) is 54.9 Å². The van der Waals surface area contributed by atoms with Gasteiger partial charge in [0.05, 0.1) is 39.9 Å². The van der Waals surface area contributed by atoms with Crippen LogP contribution in [0.4, 0.5) is 0 Å². The van der Waals surface area contributed by atoms with Crippen LogP contribution in [0.15, 0.2) is 47.5 Å². The Morgan fingerprint density at radius 2 is 1.71 bits per heavy atom. The number of hydrogen-bond donors (Lipinski definition) is 1. The SMILES string of the molecule is O=C(CCCC(=O)N1CCC(O)(Cn2cnc3cc(Cl)ccc3c2=O)CC1)c1ccc2c(Cl)c3c(nc2c1)CCCC3. The number of carbonyl (C=O) groups excluding carboxylic acids is 2. The molecule has 1 fully saturated rings. The lowest BCUT2D eigenvalue weighted by Crippen LogP contribution is -2.49. The molecule has 2 aliphatic rings. The van der Waals surface area contributed by atoms with Crippen LogP contribution in [0.2, 0.25) is 10.0 Å². The van der Waals surface area contributed by atoms with E-state index in [2.05, 4.69) is 4.98 Å². The second-order valence-corrected chi connectivity index (χ2v) is 12.3. The number of benzene rings is 2. The molecule has 1 amide bonds. The molecular weight excluding hydrogens is 575 g/mol. The second kappa shape index (κ2) is 11.7. The standard InChI is InChI=1S/C32H32Cl2N4O4/c33-21-9-11-24-26(17-21)35-19-38(31(24)41)18-32(42)12-14-37(15-13-32)29(40)7-3-6-28(39)20-8-10-23-27(16-20)36-25-5-2-1-4-22(25)30(23)34/h8-11,16-17,19,42H,1-7,12-15,18H2. The fourth-order valence-electron chi connectivity index (χ4n) is 6.13. The normalized spacial score (nSPS) is 16.5. The Morgan fingerprint density at radius 3 is 2.52 bits per heavy atom. The number of ketones is 1. The minimum absolute atomic E-state index is 0.0231. The summed E-state index contributed by atoms with van der Waals surface area (Å²) >= 11 is 12.7. The molecule has 8 nitrogen and oxygen atoms in total. The van der Waals surface area contributed by atoms with E-state index >= 15 is 0 Å². The topological polar surface area (TPSA) is 105 Å². The summed E-state index contributed by atoms with van der Waals surface area (Å²) in [4.78, 5) is 49.6. The number of likely N-dealkylation sites (tertiary alicyclic amines) is 1. The summed E-state index contributed by atoms with van der Waals surface area (Å²) in [5.74, 6) is -0.0603. The van der Waals surface area contributed by atoms with Gasteiger partial charge in [-0.1, -0.05) is 35.3 Å². The number of nitrogens with zero attached hydrogens (tertiary/aromatic N) is 4. The van der Waals surface area contributed by atoms with E-state index < -0.39 is 5.60 Å². The van der Waals surface area contributed by atoms with E-state index in [0.29, 0.717) is 53.8 Å². The maximum absolute atomic E-state index is 12.9. The van der Waals surface area contributed by atoms with Gasteiger partial charge in [-0.2, -0.15) is 0 Å². The number of aryl methyl sites for hydroxylation is 1. The molecule has 2 aromatic carbocycles. The summed E-state index contributed by atoms with van der Waals surface area (Å²) in [5.41, 5.74) is 2.65. The molecule has 0 saturated carbocycles. The summed E-state index contributed by atoms with van der Waals surface area (Å²) in [6, 6.07) is 10.4. The van der Waals surface area contributed by atoms with Gasteiger partial charge in [-0.3, -0.25) is 23.9 Å². The monoisotopic (exact) mass is 606 g/mol. The Bertz CT molecular complexity index is 1760. The molecule has 10 heteroatoms. The lowest BCUT2D eigenvalue weighted by atomic mass is 9.91.